The van der Waals surface area contributed by atoms with E-state index < -0.39 is 0 Å². The van der Waals surface area contributed by atoms with Crippen LogP contribution in [0.5, 0.6) is 0 Å². The molecule has 1 aliphatic rings. The minimum absolute atomic E-state index is 0. The summed E-state index contributed by atoms with van der Waals surface area (Å²) in [6, 6.07) is 11.5. The Labute approximate surface area is 180 Å². The summed E-state index contributed by atoms with van der Waals surface area (Å²) < 4.78 is 0. The second kappa shape index (κ2) is 12.2. The van der Waals surface area contributed by atoms with Crippen molar-refractivity contribution in [2.45, 2.75) is 45.3 Å². The molecule has 0 bridgehead atoms. The van der Waals surface area contributed by atoms with Gasteiger partial charge in [0.1, 0.15) is 0 Å². The molecule has 7 heteroatoms. The molecule has 0 aliphatic carbocycles. The van der Waals surface area contributed by atoms with Crippen LogP contribution in [0, 0.1) is 0 Å². The number of carbonyl (C=O) groups excluding carboxylic acids is 1. The van der Waals surface area contributed by atoms with Crippen molar-refractivity contribution in [1.82, 2.24) is 20.4 Å². The molecular formula is C20H34IN5O. The van der Waals surface area contributed by atoms with Gasteiger partial charge in [0.15, 0.2) is 5.96 Å². The summed E-state index contributed by atoms with van der Waals surface area (Å²) in [5, 5.41) is 6.83. The van der Waals surface area contributed by atoms with Crippen LogP contribution in [0.2, 0.25) is 0 Å². The Hall–Kier alpha value is -1.35. The largest absolute Gasteiger partial charge is 0.357 e. The van der Waals surface area contributed by atoms with Gasteiger partial charge < -0.3 is 15.5 Å². The number of nitrogens with zero attached hydrogens (tertiary/aromatic N) is 3. The van der Waals surface area contributed by atoms with E-state index in [0.717, 1.165) is 32.0 Å². The third-order valence-electron chi connectivity index (χ3n) is 4.71. The van der Waals surface area contributed by atoms with E-state index in [1.54, 1.807) is 19.0 Å². The lowest BCUT2D eigenvalue weighted by molar-refractivity contribution is -0.128. The molecule has 1 aliphatic heterocycles. The zero-order valence-corrected chi connectivity index (χ0v) is 19.3. The van der Waals surface area contributed by atoms with E-state index in [9.17, 15) is 4.79 Å². The van der Waals surface area contributed by atoms with E-state index in [2.05, 4.69) is 64.7 Å². The van der Waals surface area contributed by atoms with Crippen LogP contribution in [0.3, 0.4) is 0 Å². The molecule has 0 radical (unpaired) electrons. The molecule has 1 aromatic rings. The number of likely N-dealkylation sites (tertiary alicyclic amines) is 1. The van der Waals surface area contributed by atoms with Gasteiger partial charge in [-0.2, -0.15) is 0 Å². The molecule has 0 aromatic heterocycles. The molecule has 1 fully saturated rings. The third-order valence-corrected chi connectivity index (χ3v) is 4.71. The minimum atomic E-state index is 0. The van der Waals surface area contributed by atoms with Crippen molar-refractivity contribution in [3.05, 3.63) is 35.9 Å². The molecule has 2 N–H and O–H groups in total. The summed E-state index contributed by atoms with van der Waals surface area (Å²) in [5.41, 5.74) is 1.35. The van der Waals surface area contributed by atoms with Crippen LogP contribution in [-0.2, 0) is 11.3 Å². The minimum Gasteiger partial charge on any atom is -0.357 e. The molecule has 1 saturated heterocycles. The maximum absolute atomic E-state index is 11.7. The van der Waals surface area contributed by atoms with Crippen LogP contribution >= 0.6 is 24.0 Å². The number of rotatable bonds is 7. The average molecular weight is 487 g/mol. The summed E-state index contributed by atoms with van der Waals surface area (Å²) in [4.78, 5) is 20.4. The molecule has 152 valence electrons. The van der Waals surface area contributed by atoms with Gasteiger partial charge in [0.05, 0.1) is 6.54 Å². The zero-order valence-electron chi connectivity index (χ0n) is 16.9. The van der Waals surface area contributed by atoms with Gasteiger partial charge in [-0.1, -0.05) is 30.3 Å². The van der Waals surface area contributed by atoms with E-state index in [4.69, 9.17) is 0 Å². The molecule has 0 spiro atoms. The first-order valence-corrected chi connectivity index (χ1v) is 9.52. The van der Waals surface area contributed by atoms with E-state index in [-0.39, 0.29) is 29.9 Å². The van der Waals surface area contributed by atoms with Crippen molar-refractivity contribution in [2.24, 2.45) is 4.99 Å². The lowest BCUT2D eigenvalue weighted by atomic mass is 10.2. The van der Waals surface area contributed by atoms with E-state index >= 15 is 0 Å². The summed E-state index contributed by atoms with van der Waals surface area (Å²) in [5.74, 6) is 0.908. The summed E-state index contributed by atoms with van der Waals surface area (Å²) in [6.45, 7) is 7.62. The zero-order chi connectivity index (χ0) is 18.9. The number of nitrogens with one attached hydrogen (secondary N) is 2. The van der Waals surface area contributed by atoms with Gasteiger partial charge in [-0.15, -0.1) is 24.0 Å². The highest BCUT2D eigenvalue weighted by Gasteiger charge is 2.29. The van der Waals surface area contributed by atoms with Gasteiger partial charge in [-0.05, 0) is 25.8 Å². The predicted octanol–water partition coefficient (Wildman–Crippen LogP) is 2.30. The predicted molar refractivity (Wildman–Crippen MR) is 123 cm³/mol. The highest BCUT2D eigenvalue weighted by atomic mass is 127. The maximum Gasteiger partial charge on any atom is 0.223 e. The number of hydrogen-bond acceptors (Lipinski definition) is 3. The van der Waals surface area contributed by atoms with Crippen molar-refractivity contribution < 1.29 is 4.79 Å². The first-order valence-electron chi connectivity index (χ1n) is 9.52. The van der Waals surface area contributed by atoms with Crippen LogP contribution < -0.4 is 10.6 Å². The van der Waals surface area contributed by atoms with Crippen molar-refractivity contribution in [2.75, 3.05) is 33.7 Å². The quantitative estimate of drug-likeness (QED) is 0.352. The molecule has 1 heterocycles. The van der Waals surface area contributed by atoms with Gasteiger partial charge >= 0.3 is 0 Å². The molecule has 1 amide bonds. The standard InChI is InChI=1S/C20H33N5O.HI/c1-5-21-20(22-12-11-19(26)24(3)4)23-18-13-16(2)25(15-18)14-17-9-7-6-8-10-17;/h6-10,16,18H,5,11-15H2,1-4H3,(H2,21,22,23);1H. The summed E-state index contributed by atoms with van der Waals surface area (Å²) >= 11 is 0. The van der Waals surface area contributed by atoms with E-state index in [0.29, 0.717) is 25.0 Å². The third kappa shape index (κ3) is 8.04. The van der Waals surface area contributed by atoms with Crippen LogP contribution in [0.1, 0.15) is 32.3 Å². The lowest BCUT2D eigenvalue weighted by Crippen LogP contribution is -2.44. The number of hydrogen-bond donors (Lipinski definition) is 2. The lowest BCUT2D eigenvalue weighted by Gasteiger charge is -2.21. The number of guanidine groups is 1. The fourth-order valence-corrected chi connectivity index (χ4v) is 3.24. The van der Waals surface area contributed by atoms with Crippen molar-refractivity contribution in [3.63, 3.8) is 0 Å². The fraction of sp³-hybridized carbons (Fsp3) is 0.600. The van der Waals surface area contributed by atoms with Gasteiger partial charge in [0, 0.05) is 52.2 Å². The fourth-order valence-electron chi connectivity index (χ4n) is 3.24. The Kier molecular flexibility index (Phi) is 10.7. The second-order valence-electron chi connectivity index (χ2n) is 7.14. The Morgan fingerprint density at radius 2 is 2.00 bits per heavy atom. The highest BCUT2D eigenvalue weighted by Crippen LogP contribution is 2.20. The monoisotopic (exact) mass is 487 g/mol. The maximum atomic E-state index is 11.7. The van der Waals surface area contributed by atoms with Crippen LogP contribution in [0.4, 0.5) is 0 Å². The van der Waals surface area contributed by atoms with Crippen LogP contribution in [0.15, 0.2) is 35.3 Å². The van der Waals surface area contributed by atoms with Crippen molar-refractivity contribution in [1.29, 1.82) is 0 Å². The van der Waals surface area contributed by atoms with E-state index in [1.165, 1.54) is 5.56 Å². The molecule has 2 rings (SSSR count). The van der Waals surface area contributed by atoms with Crippen LogP contribution in [-0.4, -0.2) is 67.5 Å². The topological polar surface area (TPSA) is 60.0 Å². The number of carbonyl (C=O) groups is 1. The highest BCUT2D eigenvalue weighted by molar-refractivity contribution is 14.0. The molecule has 0 saturated carbocycles. The first kappa shape index (κ1) is 23.7. The normalized spacial score (nSPS) is 20.1. The van der Waals surface area contributed by atoms with Crippen LogP contribution in [0.25, 0.3) is 0 Å². The molecule has 1 aromatic carbocycles. The smallest absolute Gasteiger partial charge is 0.223 e. The first-order chi connectivity index (χ1) is 12.5. The number of halogens is 1. The molecule has 6 nitrogen and oxygen atoms in total. The molecule has 27 heavy (non-hydrogen) atoms. The average Bonchev–Trinajstić information content (AvgIpc) is 2.95. The second-order valence-corrected chi connectivity index (χ2v) is 7.14. The van der Waals surface area contributed by atoms with E-state index in [1.807, 2.05) is 0 Å². The molecule has 2 unspecified atom stereocenters. The SMILES string of the molecule is CCNC(=NCCC(=O)N(C)C)NC1CC(C)N(Cc2ccccc2)C1.I. The van der Waals surface area contributed by atoms with Gasteiger partial charge in [0.25, 0.3) is 0 Å². The number of aliphatic imine (C=N–C) groups is 1. The summed E-state index contributed by atoms with van der Waals surface area (Å²) in [6.07, 6.45) is 1.53. The van der Waals surface area contributed by atoms with Crippen molar-refractivity contribution in [3.8, 4) is 0 Å². The Balaban J connectivity index is 0.00000364. The Morgan fingerprint density at radius 1 is 1.30 bits per heavy atom. The van der Waals surface area contributed by atoms with Gasteiger partial charge in [0.2, 0.25) is 5.91 Å². The number of benzene rings is 1. The molecule has 2 atom stereocenters. The Bertz CT molecular complexity index is 593. The number of amides is 1. The molecular weight excluding hydrogens is 453 g/mol. The van der Waals surface area contributed by atoms with Gasteiger partial charge in [-0.25, -0.2) is 0 Å². The van der Waals surface area contributed by atoms with Crippen molar-refractivity contribution >= 4 is 35.8 Å². The van der Waals surface area contributed by atoms with Gasteiger partial charge in [-0.3, -0.25) is 14.7 Å². The Morgan fingerprint density at radius 3 is 2.63 bits per heavy atom. The summed E-state index contributed by atoms with van der Waals surface area (Å²) in [7, 11) is 3.55.